The summed E-state index contributed by atoms with van der Waals surface area (Å²) in [6.45, 7) is 5.45. The van der Waals surface area contributed by atoms with Crippen LogP contribution < -0.4 is 0 Å². The Morgan fingerprint density at radius 2 is 2.04 bits per heavy atom. The van der Waals surface area contributed by atoms with Crippen LogP contribution in [0.2, 0.25) is 0 Å². The van der Waals surface area contributed by atoms with Crippen molar-refractivity contribution in [3.8, 4) is 0 Å². The highest BCUT2D eigenvalue weighted by Crippen LogP contribution is 2.38. The van der Waals surface area contributed by atoms with Crippen molar-refractivity contribution in [3.63, 3.8) is 0 Å². The minimum atomic E-state index is -4.07. The fraction of sp³-hybridized carbons (Fsp3) is 0.412. The molecule has 1 aliphatic rings. The maximum atomic E-state index is 12.2. The normalized spacial score (nSPS) is 23.0. The molecule has 130 valence electrons. The molecule has 2 rings (SSSR count). The lowest BCUT2D eigenvalue weighted by Gasteiger charge is -2.33. The van der Waals surface area contributed by atoms with Gasteiger partial charge in [0.25, 0.3) is 0 Å². The van der Waals surface area contributed by atoms with E-state index in [1.165, 1.54) is 18.2 Å². The molecule has 1 aromatic carbocycles. The van der Waals surface area contributed by atoms with Crippen molar-refractivity contribution >= 4 is 21.8 Å². The molecule has 24 heavy (non-hydrogen) atoms. The van der Waals surface area contributed by atoms with E-state index in [1.807, 2.05) is 6.92 Å². The van der Waals surface area contributed by atoms with Gasteiger partial charge in [-0.25, -0.2) is 0 Å². The van der Waals surface area contributed by atoms with Crippen molar-refractivity contribution in [2.75, 3.05) is 0 Å². The third-order valence-corrected chi connectivity index (χ3v) is 5.40. The predicted molar refractivity (Wildman–Crippen MR) is 90.2 cm³/mol. The second-order valence-electron chi connectivity index (χ2n) is 5.97. The molecular weight excluding hydrogens is 330 g/mol. The third kappa shape index (κ3) is 3.67. The topological polar surface area (TPSA) is 93.0 Å². The van der Waals surface area contributed by atoms with E-state index in [-0.39, 0.29) is 17.0 Å². The van der Waals surface area contributed by atoms with Crippen molar-refractivity contribution in [1.82, 2.24) is 0 Å². The molecule has 1 aliphatic carbocycles. The van der Waals surface area contributed by atoms with Gasteiger partial charge in [0.05, 0.1) is 5.71 Å². The maximum Gasteiger partial charge on any atom is 0.358 e. The summed E-state index contributed by atoms with van der Waals surface area (Å²) in [5.41, 5.74) is -0.0664. The minimum Gasteiger partial charge on any atom is -0.481 e. The first-order chi connectivity index (χ1) is 11.3. The lowest BCUT2D eigenvalue weighted by molar-refractivity contribution is -0.145. The van der Waals surface area contributed by atoms with Crippen LogP contribution in [0.25, 0.3) is 0 Å². The van der Waals surface area contributed by atoms with Crippen LogP contribution in [-0.2, 0) is 19.2 Å². The van der Waals surface area contributed by atoms with E-state index in [1.54, 1.807) is 12.1 Å². The Labute approximate surface area is 142 Å². The fourth-order valence-electron chi connectivity index (χ4n) is 2.86. The monoisotopic (exact) mass is 351 g/mol. The number of aryl methyl sites for hydroxylation is 1. The highest BCUT2D eigenvalue weighted by atomic mass is 32.2. The number of allylic oxidation sites excluding steroid dienone is 1. The van der Waals surface area contributed by atoms with Gasteiger partial charge in [0.15, 0.2) is 0 Å². The van der Waals surface area contributed by atoms with E-state index >= 15 is 0 Å². The average Bonchev–Trinajstić information content (AvgIpc) is 2.54. The number of hydrogen-bond donors (Lipinski definition) is 1. The largest absolute Gasteiger partial charge is 0.481 e. The van der Waals surface area contributed by atoms with Gasteiger partial charge in [-0.2, -0.15) is 8.42 Å². The summed E-state index contributed by atoms with van der Waals surface area (Å²) in [6.07, 6.45) is 3.98. The molecule has 1 aromatic rings. The van der Waals surface area contributed by atoms with Gasteiger partial charge in [-0.3, -0.25) is 9.08 Å². The average molecular weight is 351 g/mol. The molecule has 0 saturated heterocycles. The Balaban J connectivity index is 2.32. The van der Waals surface area contributed by atoms with Crippen molar-refractivity contribution in [3.05, 3.63) is 42.5 Å². The summed E-state index contributed by atoms with van der Waals surface area (Å²) < 4.78 is 29.3. The lowest BCUT2D eigenvalue weighted by Crippen LogP contribution is -2.41. The van der Waals surface area contributed by atoms with Gasteiger partial charge in [0.2, 0.25) is 0 Å². The van der Waals surface area contributed by atoms with Crippen LogP contribution in [0.15, 0.2) is 47.0 Å². The minimum absolute atomic E-state index is 0.0158. The van der Waals surface area contributed by atoms with Gasteiger partial charge in [0.1, 0.15) is 10.3 Å². The van der Waals surface area contributed by atoms with Crippen LogP contribution in [0.5, 0.6) is 0 Å². The van der Waals surface area contributed by atoms with Crippen LogP contribution in [0.3, 0.4) is 0 Å². The molecule has 7 heteroatoms. The van der Waals surface area contributed by atoms with Gasteiger partial charge in [-0.15, -0.1) is 6.58 Å². The Bertz CT molecular complexity index is 752. The van der Waals surface area contributed by atoms with E-state index in [2.05, 4.69) is 11.7 Å². The Hall–Kier alpha value is -2.15. The zero-order valence-corrected chi connectivity index (χ0v) is 14.4. The number of benzene rings is 1. The van der Waals surface area contributed by atoms with Crippen molar-refractivity contribution < 1.29 is 22.6 Å². The first kappa shape index (κ1) is 18.2. The zero-order chi connectivity index (χ0) is 17.8. The zero-order valence-electron chi connectivity index (χ0n) is 13.6. The Morgan fingerprint density at radius 3 is 2.62 bits per heavy atom. The molecule has 6 nitrogen and oxygen atoms in total. The summed E-state index contributed by atoms with van der Waals surface area (Å²) in [6, 6.07) is 6.17. The number of carbonyl (C=O) groups is 1. The Morgan fingerprint density at radius 1 is 1.38 bits per heavy atom. The number of carboxylic acids is 1. The summed E-state index contributed by atoms with van der Waals surface area (Å²) >= 11 is 0. The number of hydrogen-bond acceptors (Lipinski definition) is 5. The lowest BCUT2D eigenvalue weighted by atomic mass is 9.70. The van der Waals surface area contributed by atoms with Gasteiger partial charge >= 0.3 is 16.1 Å². The summed E-state index contributed by atoms with van der Waals surface area (Å²) in [4.78, 5) is 11.8. The Kier molecular flexibility index (Phi) is 5.43. The SMILES string of the molecule is C=CCC1(C(=O)O)CCCCC1=NOS(=O)(=O)c1ccc(C)cc1. The van der Waals surface area contributed by atoms with Crippen molar-refractivity contribution in [2.24, 2.45) is 10.6 Å². The van der Waals surface area contributed by atoms with Crippen molar-refractivity contribution in [2.45, 2.75) is 43.9 Å². The number of aliphatic carboxylic acids is 1. The smallest absolute Gasteiger partial charge is 0.358 e. The third-order valence-electron chi connectivity index (χ3n) is 4.28. The maximum absolute atomic E-state index is 12.2. The van der Waals surface area contributed by atoms with Crippen molar-refractivity contribution in [1.29, 1.82) is 0 Å². The molecule has 0 amide bonds. The van der Waals surface area contributed by atoms with Gasteiger partial charge in [-0.1, -0.05) is 35.3 Å². The summed E-state index contributed by atoms with van der Waals surface area (Å²) in [7, 11) is -4.07. The quantitative estimate of drug-likeness (QED) is 0.627. The molecule has 0 aliphatic heterocycles. The molecule has 0 bridgehead atoms. The molecule has 0 spiro atoms. The molecule has 1 fully saturated rings. The second kappa shape index (κ2) is 7.17. The van der Waals surface area contributed by atoms with Crippen LogP contribution in [-0.4, -0.2) is 25.2 Å². The molecule has 0 radical (unpaired) electrons. The molecule has 1 N–H and O–H groups in total. The molecule has 1 unspecified atom stereocenters. The molecule has 1 atom stereocenters. The highest BCUT2D eigenvalue weighted by Gasteiger charge is 2.44. The van der Waals surface area contributed by atoms with Crippen LogP contribution in [0, 0.1) is 12.3 Å². The number of rotatable bonds is 6. The van der Waals surface area contributed by atoms with E-state index < -0.39 is 21.5 Å². The molecule has 0 heterocycles. The van der Waals surface area contributed by atoms with Crippen LogP contribution >= 0.6 is 0 Å². The molecule has 1 saturated carbocycles. The molecular formula is C17H21NO5S. The summed E-state index contributed by atoms with van der Waals surface area (Å²) in [5, 5.41) is 13.4. The number of oxime groups is 1. The highest BCUT2D eigenvalue weighted by molar-refractivity contribution is 7.86. The predicted octanol–water partition coefficient (Wildman–Crippen LogP) is 3.28. The van der Waals surface area contributed by atoms with E-state index in [9.17, 15) is 18.3 Å². The van der Waals surface area contributed by atoms with E-state index in [0.29, 0.717) is 12.8 Å². The molecule has 0 aromatic heterocycles. The number of nitrogens with zero attached hydrogens (tertiary/aromatic N) is 1. The standard InChI is InChI=1S/C17H21NO5S/c1-3-11-17(16(19)20)12-5-4-6-15(17)18-23-24(21,22)14-9-7-13(2)8-10-14/h3,7-10H,1,4-6,11-12H2,2H3,(H,19,20). The van der Waals surface area contributed by atoms with Gasteiger partial charge in [0, 0.05) is 0 Å². The van der Waals surface area contributed by atoms with Crippen LogP contribution in [0.4, 0.5) is 0 Å². The first-order valence-corrected chi connectivity index (χ1v) is 9.14. The van der Waals surface area contributed by atoms with Gasteiger partial charge in [-0.05, 0) is 44.7 Å². The second-order valence-corrected chi connectivity index (χ2v) is 7.50. The summed E-state index contributed by atoms with van der Waals surface area (Å²) in [5.74, 6) is -1.03. The van der Waals surface area contributed by atoms with E-state index in [4.69, 9.17) is 4.28 Å². The van der Waals surface area contributed by atoms with Crippen LogP contribution in [0.1, 0.15) is 37.7 Å². The van der Waals surface area contributed by atoms with E-state index in [0.717, 1.165) is 18.4 Å². The fourth-order valence-corrected chi connectivity index (χ4v) is 3.61. The van der Waals surface area contributed by atoms with Gasteiger partial charge < -0.3 is 5.11 Å². The first-order valence-electron chi connectivity index (χ1n) is 7.74. The number of carboxylic acid groups (broad SMARTS) is 1.